The van der Waals surface area contributed by atoms with Crippen LogP contribution in [-0.2, 0) is 20.7 Å². The number of hydrogen-bond acceptors (Lipinski definition) is 4. The van der Waals surface area contributed by atoms with E-state index in [9.17, 15) is 9.59 Å². The van der Waals surface area contributed by atoms with Crippen LogP contribution in [0.25, 0.3) is 0 Å². The molecule has 6 heteroatoms. The van der Waals surface area contributed by atoms with Crippen molar-refractivity contribution >= 4 is 11.9 Å². The Morgan fingerprint density at radius 2 is 2.37 bits per heavy atom. The summed E-state index contributed by atoms with van der Waals surface area (Å²) in [5.74, 6) is -0.800. The molecule has 1 unspecified atom stereocenters. The first kappa shape index (κ1) is 15.0. The normalized spacial score (nSPS) is 11.8. The van der Waals surface area contributed by atoms with Crippen LogP contribution in [0.1, 0.15) is 12.2 Å². The Hall–Kier alpha value is -2.08. The van der Waals surface area contributed by atoms with Crippen molar-refractivity contribution in [2.75, 3.05) is 13.2 Å². The summed E-state index contributed by atoms with van der Waals surface area (Å²) < 4.78 is 10.1. The summed E-state index contributed by atoms with van der Waals surface area (Å²) in [6, 6.07) is 2.44. The molecule has 0 aromatic carbocycles. The second-order valence-corrected chi connectivity index (χ2v) is 3.86. The van der Waals surface area contributed by atoms with E-state index in [1.165, 1.54) is 12.3 Å². The summed E-state index contributed by atoms with van der Waals surface area (Å²) >= 11 is 0. The molecule has 0 saturated carbocycles. The third kappa shape index (κ3) is 5.87. The van der Waals surface area contributed by atoms with Crippen molar-refractivity contribution in [2.45, 2.75) is 18.9 Å². The number of rotatable bonds is 9. The number of ether oxygens (including phenoxy) is 1. The molecule has 6 nitrogen and oxygen atoms in total. The smallest absolute Gasteiger partial charge is 0.328 e. The lowest BCUT2D eigenvalue weighted by atomic mass is 10.2. The average molecular weight is 267 g/mol. The minimum atomic E-state index is -1.13. The Balaban J connectivity index is 2.33. The van der Waals surface area contributed by atoms with Crippen LogP contribution in [0, 0.1) is 0 Å². The van der Waals surface area contributed by atoms with Gasteiger partial charge in [-0.05, 0) is 12.1 Å². The zero-order valence-electron chi connectivity index (χ0n) is 10.5. The molecular formula is C13H17NO5. The highest BCUT2D eigenvalue weighted by Gasteiger charge is 2.19. The largest absolute Gasteiger partial charge is 0.480 e. The van der Waals surface area contributed by atoms with Gasteiger partial charge in [0.15, 0.2) is 6.04 Å². The highest BCUT2D eigenvalue weighted by atomic mass is 16.5. The molecule has 2 N–H and O–H groups in total. The number of aryl methyl sites for hydroxylation is 1. The molecule has 1 heterocycles. The summed E-state index contributed by atoms with van der Waals surface area (Å²) in [6.07, 6.45) is 3.63. The molecule has 0 fully saturated rings. The number of nitrogens with one attached hydrogen (secondary N) is 1. The molecule has 19 heavy (non-hydrogen) atoms. The third-order valence-corrected chi connectivity index (χ3v) is 2.33. The molecule has 1 rings (SSSR count). The fraction of sp³-hybridized carbons (Fsp3) is 0.385. The Bertz CT molecular complexity index is 413. The zero-order valence-corrected chi connectivity index (χ0v) is 10.5. The van der Waals surface area contributed by atoms with E-state index in [0.29, 0.717) is 12.2 Å². The van der Waals surface area contributed by atoms with Crippen molar-refractivity contribution in [2.24, 2.45) is 0 Å². The number of furan rings is 1. The zero-order chi connectivity index (χ0) is 14.1. The van der Waals surface area contributed by atoms with Gasteiger partial charge in [0.1, 0.15) is 5.76 Å². The average Bonchev–Trinajstić information content (AvgIpc) is 2.88. The van der Waals surface area contributed by atoms with Crippen LogP contribution >= 0.6 is 0 Å². The van der Waals surface area contributed by atoms with Gasteiger partial charge in [0.25, 0.3) is 0 Å². The predicted molar refractivity (Wildman–Crippen MR) is 67.6 cm³/mol. The highest BCUT2D eigenvalue weighted by molar-refractivity contribution is 5.83. The van der Waals surface area contributed by atoms with Crippen LogP contribution in [0.4, 0.5) is 0 Å². The Labute approximate surface area is 111 Å². The summed E-state index contributed by atoms with van der Waals surface area (Å²) in [5.41, 5.74) is 0. The number of aliphatic carboxylic acids is 1. The lowest BCUT2D eigenvalue weighted by Crippen LogP contribution is -2.44. The van der Waals surface area contributed by atoms with E-state index in [1.807, 2.05) is 0 Å². The summed E-state index contributed by atoms with van der Waals surface area (Å²) in [4.78, 5) is 22.5. The van der Waals surface area contributed by atoms with Crippen LogP contribution in [0.3, 0.4) is 0 Å². The van der Waals surface area contributed by atoms with Gasteiger partial charge in [-0.25, -0.2) is 4.79 Å². The monoisotopic (exact) mass is 267 g/mol. The van der Waals surface area contributed by atoms with Gasteiger partial charge in [-0.15, -0.1) is 6.58 Å². The molecular weight excluding hydrogens is 250 g/mol. The molecule has 1 aromatic heterocycles. The molecule has 1 amide bonds. The lowest BCUT2D eigenvalue weighted by molar-refractivity contribution is -0.143. The van der Waals surface area contributed by atoms with Crippen LogP contribution < -0.4 is 5.32 Å². The van der Waals surface area contributed by atoms with Gasteiger partial charge in [0, 0.05) is 12.8 Å². The van der Waals surface area contributed by atoms with Crippen molar-refractivity contribution in [3.05, 3.63) is 36.8 Å². The number of carbonyl (C=O) groups is 2. The van der Waals surface area contributed by atoms with Gasteiger partial charge in [-0.2, -0.15) is 0 Å². The molecule has 1 atom stereocenters. The number of carboxylic acids is 1. The van der Waals surface area contributed by atoms with Gasteiger partial charge >= 0.3 is 5.97 Å². The minimum Gasteiger partial charge on any atom is -0.480 e. The minimum absolute atomic E-state index is 0.0894. The predicted octanol–water partition coefficient (Wildman–Crippen LogP) is 0.984. The van der Waals surface area contributed by atoms with Gasteiger partial charge < -0.3 is 19.6 Å². The maximum Gasteiger partial charge on any atom is 0.328 e. The second-order valence-electron chi connectivity index (χ2n) is 3.86. The SMILES string of the molecule is C=CCOCC(NC(=O)CCc1ccco1)C(=O)O. The molecule has 0 bridgehead atoms. The van der Waals surface area contributed by atoms with Gasteiger partial charge in [0.2, 0.25) is 5.91 Å². The number of amides is 1. The maximum atomic E-state index is 11.6. The molecule has 1 aromatic rings. The summed E-state index contributed by atoms with van der Waals surface area (Å²) in [6.45, 7) is 3.60. The molecule has 0 aliphatic rings. The Morgan fingerprint density at radius 1 is 1.58 bits per heavy atom. The Kier molecular flexibility index (Phi) is 6.38. The van der Waals surface area contributed by atoms with Gasteiger partial charge in [-0.3, -0.25) is 4.79 Å². The van der Waals surface area contributed by atoms with Crippen molar-refractivity contribution in [3.8, 4) is 0 Å². The first-order valence-electron chi connectivity index (χ1n) is 5.86. The van der Waals surface area contributed by atoms with Gasteiger partial charge in [-0.1, -0.05) is 6.08 Å². The van der Waals surface area contributed by atoms with E-state index in [0.717, 1.165) is 0 Å². The molecule has 0 saturated heterocycles. The fourth-order valence-electron chi connectivity index (χ4n) is 1.40. The number of carbonyl (C=O) groups excluding carboxylic acids is 1. The second kappa shape index (κ2) is 8.10. The first-order chi connectivity index (χ1) is 9.13. The van der Waals surface area contributed by atoms with E-state index in [-0.39, 0.29) is 25.5 Å². The van der Waals surface area contributed by atoms with E-state index in [2.05, 4.69) is 11.9 Å². The lowest BCUT2D eigenvalue weighted by Gasteiger charge is -2.14. The van der Waals surface area contributed by atoms with Gasteiger partial charge in [0.05, 0.1) is 19.5 Å². The highest BCUT2D eigenvalue weighted by Crippen LogP contribution is 2.03. The summed E-state index contributed by atoms with van der Waals surface area (Å²) in [5, 5.41) is 11.3. The topological polar surface area (TPSA) is 88.8 Å². The first-order valence-corrected chi connectivity index (χ1v) is 5.86. The molecule has 0 aliphatic heterocycles. The fourth-order valence-corrected chi connectivity index (χ4v) is 1.40. The van der Waals surface area contributed by atoms with Crippen molar-refractivity contribution in [1.29, 1.82) is 0 Å². The standard InChI is InChI=1S/C13H17NO5/c1-2-7-18-9-11(13(16)17)14-12(15)6-5-10-4-3-8-19-10/h2-4,8,11H,1,5-7,9H2,(H,14,15)(H,16,17). The van der Waals surface area contributed by atoms with E-state index in [4.69, 9.17) is 14.3 Å². The number of hydrogen-bond donors (Lipinski definition) is 2. The molecule has 104 valence electrons. The van der Waals surface area contributed by atoms with Crippen LogP contribution in [-0.4, -0.2) is 36.2 Å². The number of carboxylic acid groups (broad SMARTS) is 1. The maximum absolute atomic E-state index is 11.6. The van der Waals surface area contributed by atoms with E-state index < -0.39 is 12.0 Å². The van der Waals surface area contributed by atoms with E-state index >= 15 is 0 Å². The van der Waals surface area contributed by atoms with Crippen molar-refractivity contribution < 1.29 is 23.8 Å². The molecule has 0 spiro atoms. The van der Waals surface area contributed by atoms with Crippen LogP contribution in [0.15, 0.2) is 35.5 Å². The quantitative estimate of drug-likeness (QED) is 0.514. The van der Waals surface area contributed by atoms with E-state index in [1.54, 1.807) is 12.1 Å². The van der Waals surface area contributed by atoms with Crippen LogP contribution in [0.5, 0.6) is 0 Å². The Morgan fingerprint density at radius 3 is 2.95 bits per heavy atom. The summed E-state index contributed by atoms with van der Waals surface area (Å²) in [7, 11) is 0. The molecule has 0 aliphatic carbocycles. The molecule has 0 radical (unpaired) electrons. The van der Waals surface area contributed by atoms with Crippen LogP contribution in [0.2, 0.25) is 0 Å². The third-order valence-electron chi connectivity index (χ3n) is 2.33. The van der Waals surface area contributed by atoms with Crippen molar-refractivity contribution in [1.82, 2.24) is 5.32 Å². The van der Waals surface area contributed by atoms with Crippen molar-refractivity contribution in [3.63, 3.8) is 0 Å².